The molecule has 3 rings (SSSR count). The van der Waals surface area contributed by atoms with Gasteiger partial charge in [0.05, 0.1) is 12.7 Å². The fourth-order valence-electron chi connectivity index (χ4n) is 2.51. The first-order valence-corrected chi connectivity index (χ1v) is 8.25. The van der Waals surface area contributed by atoms with Crippen LogP contribution in [0.25, 0.3) is 11.4 Å². The molecule has 0 radical (unpaired) electrons. The van der Waals surface area contributed by atoms with Gasteiger partial charge in [-0.3, -0.25) is 0 Å². The SMILES string of the molecule is COc1ccc(COc2cc(C)nc(-c3ccc(C(F)(F)F)cc3)n2)cc1F. The topological polar surface area (TPSA) is 44.2 Å². The number of ether oxygens (including phenoxy) is 2. The van der Waals surface area contributed by atoms with Gasteiger partial charge in [-0.25, -0.2) is 9.37 Å². The Morgan fingerprint density at radius 1 is 0.964 bits per heavy atom. The summed E-state index contributed by atoms with van der Waals surface area (Å²) >= 11 is 0. The monoisotopic (exact) mass is 392 g/mol. The van der Waals surface area contributed by atoms with Crippen molar-refractivity contribution in [2.45, 2.75) is 19.7 Å². The lowest BCUT2D eigenvalue weighted by atomic mass is 10.1. The molecule has 28 heavy (non-hydrogen) atoms. The zero-order valence-corrected chi connectivity index (χ0v) is 15.0. The maximum atomic E-state index is 13.8. The van der Waals surface area contributed by atoms with Crippen LogP contribution in [-0.4, -0.2) is 17.1 Å². The summed E-state index contributed by atoms with van der Waals surface area (Å²) in [5, 5.41) is 0. The standard InChI is InChI=1S/C20H16F4N2O2/c1-12-9-18(28-11-13-3-8-17(27-2)16(21)10-13)26-19(25-12)14-4-6-15(7-5-14)20(22,23)24/h3-10H,11H2,1-2H3. The van der Waals surface area contributed by atoms with Crippen molar-refractivity contribution in [2.75, 3.05) is 7.11 Å². The molecule has 0 atom stereocenters. The molecule has 0 fully saturated rings. The second kappa shape index (κ2) is 7.84. The number of nitrogens with zero attached hydrogens (tertiary/aromatic N) is 2. The Bertz CT molecular complexity index is 973. The summed E-state index contributed by atoms with van der Waals surface area (Å²) in [5.74, 6) is 0.0994. The molecule has 1 aromatic heterocycles. The second-order valence-corrected chi connectivity index (χ2v) is 6.00. The smallest absolute Gasteiger partial charge is 0.416 e. The zero-order chi connectivity index (χ0) is 20.3. The van der Waals surface area contributed by atoms with E-state index in [1.54, 1.807) is 19.1 Å². The minimum atomic E-state index is -4.41. The zero-order valence-electron chi connectivity index (χ0n) is 15.0. The summed E-state index contributed by atoms with van der Waals surface area (Å²) in [7, 11) is 1.38. The molecule has 8 heteroatoms. The number of alkyl halides is 3. The predicted molar refractivity (Wildman–Crippen MR) is 94.5 cm³/mol. The number of benzene rings is 2. The maximum absolute atomic E-state index is 13.8. The van der Waals surface area contributed by atoms with Gasteiger partial charge in [0.1, 0.15) is 6.61 Å². The van der Waals surface area contributed by atoms with E-state index >= 15 is 0 Å². The molecule has 0 unspecified atom stereocenters. The van der Waals surface area contributed by atoms with Crippen LogP contribution in [0.4, 0.5) is 17.6 Å². The molecule has 3 aromatic rings. The van der Waals surface area contributed by atoms with Gasteiger partial charge in [0.15, 0.2) is 17.4 Å². The summed E-state index contributed by atoms with van der Waals surface area (Å²) < 4.78 is 62.3. The molecular weight excluding hydrogens is 376 g/mol. The van der Waals surface area contributed by atoms with Crippen molar-refractivity contribution in [3.05, 3.63) is 71.2 Å². The number of aromatic nitrogens is 2. The lowest BCUT2D eigenvalue weighted by Gasteiger charge is -2.10. The van der Waals surface area contributed by atoms with E-state index in [4.69, 9.17) is 9.47 Å². The third-order valence-electron chi connectivity index (χ3n) is 3.90. The minimum absolute atomic E-state index is 0.0593. The van der Waals surface area contributed by atoms with Crippen molar-refractivity contribution < 1.29 is 27.0 Å². The van der Waals surface area contributed by atoms with E-state index in [1.807, 2.05) is 0 Å². The predicted octanol–water partition coefficient (Wildman–Crippen LogP) is 5.20. The number of methoxy groups -OCH3 is 1. The molecule has 0 aliphatic heterocycles. The van der Waals surface area contributed by atoms with E-state index < -0.39 is 17.6 Å². The van der Waals surface area contributed by atoms with Crippen LogP contribution in [0.5, 0.6) is 11.6 Å². The minimum Gasteiger partial charge on any atom is -0.494 e. The highest BCUT2D eigenvalue weighted by atomic mass is 19.4. The molecular formula is C20H16F4N2O2. The Kier molecular flexibility index (Phi) is 5.48. The molecule has 0 aliphatic carbocycles. The molecule has 146 valence electrons. The molecule has 2 aromatic carbocycles. The van der Waals surface area contributed by atoms with Crippen molar-refractivity contribution in [1.82, 2.24) is 9.97 Å². The molecule has 0 amide bonds. The van der Waals surface area contributed by atoms with Gasteiger partial charge in [0.2, 0.25) is 5.88 Å². The molecule has 0 saturated carbocycles. The summed E-state index contributed by atoms with van der Waals surface area (Å²) in [6, 6.07) is 10.6. The average Bonchev–Trinajstić information content (AvgIpc) is 2.65. The Labute approximate surface area is 158 Å². The van der Waals surface area contributed by atoms with Gasteiger partial charge in [0, 0.05) is 17.3 Å². The van der Waals surface area contributed by atoms with Crippen LogP contribution in [0.2, 0.25) is 0 Å². The van der Waals surface area contributed by atoms with Crippen molar-refractivity contribution >= 4 is 0 Å². The third kappa shape index (κ3) is 4.57. The largest absolute Gasteiger partial charge is 0.494 e. The number of halogens is 4. The number of rotatable bonds is 5. The van der Waals surface area contributed by atoms with Gasteiger partial charge in [-0.1, -0.05) is 18.2 Å². The van der Waals surface area contributed by atoms with Crippen LogP contribution in [0.1, 0.15) is 16.8 Å². The van der Waals surface area contributed by atoms with Crippen LogP contribution >= 0.6 is 0 Å². The molecule has 0 aliphatic rings. The summed E-state index contributed by atoms with van der Waals surface area (Å²) in [6.45, 7) is 1.78. The van der Waals surface area contributed by atoms with E-state index in [0.29, 0.717) is 16.8 Å². The number of hydrogen-bond donors (Lipinski definition) is 0. The molecule has 0 N–H and O–H groups in total. The Morgan fingerprint density at radius 2 is 1.68 bits per heavy atom. The highest BCUT2D eigenvalue weighted by molar-refractivity contribution is 5.56. The fourth-order valence-corrected chi connectivity index (χ4v) is 2.51. The van der Waals surface area contributed by atoms with E-state index in [0.717, 1.165) is 12.1 Å². The van der Waals surface area contributed by atoms with Gasteiger partial charge in [-0.15, -0.1) is 0 Å². The number of aryl methyl sites for hydroxylation is 1. The first-order valence-electron chi connectivity index (χ1n) is 8.25. The summed E-state index contributed by atoms with van der Waals surface area (Å²) in [6.07, 6.45) is -4.41. The maximum Gasteiger partial charge on any atom is 0.416 e. The lowest BCUT2D eigenvalue weighted by molar-refractivity contribution is -0.137. The van der Waals surface area contributed by atoms with E-state index in [-0.39, 0.29) is 24.1 Å². The van der Waals surface area contributed by atoms with Crippen molar-refractivity contribution in [1.29, 1.82) is 0 Å². The number of hydrogen-bond acceptors (Lipinski definition) is 4. The third-order valence-corrected chi connectivity index (χ3v) is 3.90. The van der Waals surface area contributed by atoms with Crippen molar-refractivity contribution in [3.63, 3.8) is 0 Å². The summed E-state index contributed by atoms with van der Waals surface area (Å²) in [5.41, 5.74) is 0.838. The van der Waals surface area contributed by atoms with E-state index in [9.17, 15) is 17.6 Å². The molecule has 0 saturated heterocycles. The van der Waals surface area contributed by atoms with Crippen LogP contribution in [-0.2, 0) is 12.8 Å². The Balaban J connectivity index is 1.79. The summed E-state index contributed by atoms with van der Waals surface area (Å²) in [4.78, 5) is 8.47. The Morgan fingerprint density at radius 3 is 2.29 bits per heavy atom. The quantitative estimate of drug-likeness (QED) is 0.560. The first kappa shape index (κ1) is 19.6. The fraction of sp³-hybridized carbons (Fsp3) is 0.200. The average molecular weight is 392 g/mol. The van der Waals surface area contributed by atoms with Crippen LogP contribution in [0, 0.1) is 12.7 Å². The highest BCUT2D eigenvalue weighted by Gasteiger charge is 2.30. The van der Waals surface area contributed by atoms with Crippen LogP contribution in [0.3, 0.4) is 0 Å². The van der Waals surface area contributed by atoms with Gasteiger partial charge in [-0.2, -0.15) is 18.2 Å². The first-order chi connectivity index (χ1) is 13.3. The molecule has 0 bridgehead atoms. The molecule has 1 heterocycles. The lowest BCUT2D eigenvalue weighted by Crippen LogP contribution is -2.04. The van der Waals surface area contributed by atoms with Gasteiger partial charge in [0.25, 0.3) is 0 Å². The molecule has 4 nitrogen and oxygen atoms in total. The van der Waals surface area contributed by atoms with Gasteiger partial charge >= 0.3 is 6.18 Å². The van der Waals surface area contributed by atoms with Crippen LogP contribution < -0.4 is 9.47 Å². The second-order valence-electron chi connectivity index (χ2n) is 6.00. The highest BCUT2D eigenvalue weighted by Crippen LogP contribution is 2.30. The van der Waals surface area contributed by atoms with Gasteiger partial charge in [-0.05, 0) is 36.8 Å². The van der Waals surface area contributed by atoms with E-state index in [1.165, 1.54) is 31.4 Å². The van der Waals surface area contributed by atoms with Crippen molar-refractivity contribution in [3.8, 4) is 23.0 Å². The normalized spacial score (nSPS) is 11.4. The van der Waals surface area contributed by atoms with E-state index in [2.05, 4.69) is 9.97 Å². The Hall–Kier alpha value is -3.16. The van der Waals surface area contributed by atoms with Crippen LogP contribution in [0.15, 0.2) is 48.5 Å². The molecule has 0 spiro atoms. The van der Waals surface area contributed by atoms with Crippen molar-refractivity contribution in [2.24, 2.45) is 0 Å². The van der Waals surface area contributed by atoms with Gasteiger partial charge < -0.3 is 9.47 Å².